The molecule has 1 aliphatic heterocycles. The average Bonchev–Trinajstić information content (AvgIpc) is 2.14. The molecule has 1 N–H and O–H groups in total. The van der Waals surface area contributed by atoms with E-state index in [2.05, 4.69) is 37.9 Å². The van der Waals surface area contributed by atoms with Crippen molar-refractivity contribution < 1.29 is 0 Å². The predicted octanol–water partition coefficient (Wildman–Crippen LogP) is 2.11. The largest absolute Gasteiger partial charge is 0.311 e. The SMILES string of the molecule is CCCCN1CCNC(C(C)(C)C)C1. The van der Waals surface area contributed by atoms with Crippen LogP contribution in [0.2, 0.25) is 0 Å². The molecule has 2 nitrogen and oxygen atoms in total. The number of unbranched alkanes of at least 4 members (excludes halogenated alkanes) is 1. The molecule has 0 bridgehead atoms. The Balaban J connectivity index is 2.36. The highest BCUT2D eigenvalue weighted by Crippen LogP contribution is 2.21. The third-order valence-electron chi connectivity index (χ3n) is 3.13. The van der Waals surface area contributed by atoms with Gasteiger partial charge in [-0.15, -0.1) is 0 Å². The van der Waals surface area contributed by atoms with Gasteiger partial charge in [0.1, 0.15) is 0 Å². The Morgan fingerprint density at radius 3 is 2.64 bits per heavy atom. The summed E-state index contributed by atoms with van der Waals surface area (Å²) in [6.07, 6.45) is 2.65. The number of piperazine rings is 1. The smallest absolute Gasteiger partial charge is 0.0244 e. The van der Waals surface area contributed by atoms with Gasteiger partial charge in [-0.2, -0.15) is 0 Å². The Kier molecular flexibility index (Phi) is 4.39. The Bertz CT molecular complexity index is 160. The molecule has 0 aromatic carbocycles. The molecule has 0 aromatic rings. The Morgan fingerprint density at radius 2 is 2.07 bits per heavy atom. The molecule has 0 saturated carbocycles. The van der Waals surface area contributed by atoms with Gasteiger partial charge in [0, 0.05) is 25.7 Å². The highest BCUT2D eigenvalue weighted by Gasteiger charge is 2.28. The van der Waals surface area contributed by atoms with Crippen molar-refractivity contribution in [3.8, 4) is 0 Å². The molecular weight excluding hydrogens is 172 g/mol. The lowest BCUT2D eigenvalue weighted by molar-refractivity contribution is 0.133. The van der Waals surface area contributed by atoms with Crippen LogP contribution in [0.25, 0.3) is 0 Å². The second-order valence-electron chi connectivity index (χ2n) is 5.53. The van der Waals surface area contributed by atoms with Crippen LogP contribution in [0.5, 0.6) is 0 Å². The summed E-state index contributed by atoms with van der Waals surface area (Å²) in [7, 11) is 0. The molecule has 1 heterocycles. The first-order valence-corrected chi connectivity index (χ1v) is 5.99. The van der Waals surface area contributed by atoms with E-state index in [1.54, 1.807) is 0 Å². The van der Waals surface area contributed by atoms with Crippen LogP contribution in [0.1, 0.15) is 40.5 Å². The maximum Gasteiger partial charge on any atom is 0.0244 e. The van der Waals surface area contributed by atoms with Gasteiger partial charge >= 0.3 is 0 Å². The number of hydrogen-bond donors (Lipinski definition) is 1. The molecule has 2 heteroatoms. The lowest BCUT2D eigenvalue weighted by Gasteiger charge is -2.40. The molecule has 0 aromatic heterocycles. The molecule has 14 heavy (non-hydrogen) atoms. The third kappa shape index (κ3) is 3.58. The third-order valence-corrected chi connectivity index (χ3v) is 3.13. The van der Waals surface area contributed by atoms with Gasteiger partial charge in [-0.05, 0) is 18.4 Å². The molecule has 0 spiro atoms. The number of nitrogens with one attached hydrogen (secondary N) is 1. The van der Waals surface area contributed by atoms with Gasteiger partial charge in [-0.25, -0.2) is 0 Å². The van der Waals surface area contributed by atoms with Crippen LogP contribution in [-0.2, 0) is 0 Å². The predicted molar refractivity (Wildman–Crippen MR) is 62.6 cm³/mol. The van der Waals surface area contributed by atoms with Crippen LogP contribution < -0.4 is 5.32 Å². The summed E-state index contributed by atoms with van der Waals surface area (Å²) in [5.41, 5.74) is 0.394. The van der Waals surface area contributed by atoms with Crippen LogP contribution in [0, 0.1) is 5.41 Å². The average molecular weight is 198 g/mol. The van der Waals surface area contributed by atoms with Crippen LogP contribution >= 0.6 is 0 Å². The maximum atomic E-state index is 3.62. The van der Waals surface area contributed by atoms with Crippen molar-refractivity contribution in [2.45, 2.75) is 46.6 Å². The van der Waals surface area contributed by atoms with Crippen molar-refractivity contribution in [2.24, 2.45) is 5.41 Å². The van der Waals surface area contributed by atoms with Gasteiger partial charge in [0.25, 0.3) is 0 Å². The zero-order valence-electron chi connectivity index (χ0n) is 10.3. The number of nitrogens with zero attached hydrogens (tertiary/aromatic N) is 1. The van der Waals surface area contributed by atoms with Crippen LogP contribution in [0.4, 0.5) is 0 Å². The van der Waals surface area contributed by atoms with E-state index in [0.29, 0.717) is 11.5 Å². The van der Waals surface area contributed by atoms with Crippen molar-refractivity contribution in [1.82, 2.24) is 10.2 Å². The van der Waals surface area contributed by atoms with Crippen molar-refractivity contribution >= 4 is 0 Å². The number of hydrogen-bond acceptors (Lipinski definition) is 2. The van der Waals surface area contributed by atoms with Crippen molar-refractivity contribution in [2.75, 3.05) is 26.2 Å². The molecule has 1 unspecified atom stereocenters. The fraction of sp³-hybridized carbons (Fsp3) is 1.00. The van der Waals surface area contributed by atoms with Crippen molar-refractivity contribution in [3.05, 3.63) is 0 Å². The Labute approximate surface area is 89.1 Å². The minimum atomic E-state index is 0.394. The summed E-state index contributed by atoms with van der Waals surface area (Å²) in [4.78, 5) is 2.61. The summed E-state index contributed by atoms with van der Waals surface area (Å²) in [5, 5.41) is 3.62. The molecular formula is C12H26N2. The summed E-state index contributed by atoms with van der Waals surface area (Å²) in [5.74, 6) is 0. The zero-order valence-corrected chi connectivity index (χ0v) is 10.3. The first-order valence-electron chi connectivity index (χ1n) is 5.99. The van der Waals surface area contributed by atoms with E-state index in [1.165, 1.54) is 32.5 Å². The van der Waals surface area contributed by atoms with Gasteiger partial charge < -0.3 is 10.2 Å². The molecule has 1 fully saturated rings. The molecule has 0 amide bonds. The Morgan fingerprint density at radius 1 is 1.36 bits per heavy atom. The standard InChI is InChI=1S/C12H26N2/c1-5-6-8-14-9-7-13-11(10-14)12(2,3)4/h11,13H,5-10H2,1-4H3. The summed E-state index contributed by atoms with van der Waals surface area (Å²) >= 11 is 0. The van der Waals surface area contributed by atoms with E-state index in [4.69, 9.17) is 0 Å². The highest BCUT2D eigenvalue weighted by molar-refractivity contribution is 4.87. The van der Waals surface area contributed by atoms with Gasteiger partial charge in [0.2, 0.25) is 0 Å². The topological polar surface area (TPSA) is 15.3 Å². The summed E-state index contributed by atoms with van der Waals surface area (Å²) in [6, 6.07) is 0.660. The molecule has 0 radical (unpaired) electrons. The van der Waals surface area contributed by atoms with Gasteiger partial charge in [0.05, 0.1) is 0 Å². The molecule has 0 aliphatic carbocycles. The van der Waals surface area contributed by atoms with Gasteiger partial charge in [-0.1, -0.05) is 34.1 Å². The normalized spacial score (nSPS) is 25.3. The van der Waals surface area contributed by atoms with Crippen molar-refractivity contribution in [3.63, 3.8) is 0 Å². The van der Waals surface area contributed by atoms with E-state index < -0.39 is 0 Å². The van der Waals surface area contributed by atoms with Crippen LogP contribution in [-0.4, -0.2) is 37.1 Å². The first kappa shape index (κ1) is 12.0. The van der Waals surface area contributed by atoms with E-state index in [1.807, 2.05) is 0 Å². The maximum absolute atomic E-state index is 3.62. The number of rotatable bonds is 3. The quantitative estimate of drug-likeness (QED) is 0.747. The first-order chi connectivity index (χ1) is 6.54. The van der Waals surface area contributed by atoms with Crippen LogP contribution in [0.3, 0.4) is 0 Å². The molecule has 1 atom stereocenters. The fourth-order valence-corrected chi connectivity index (χ4v) is 1.98. The zero-order chi connectivity index (χ0) is 10.6. The van der Waals surface area contributed by atoms with E-state index in [9.17, 15) is 0 Å². The van der Waals surface area contributed by atoms with Crippen LogP contribution in [0.15, 0.2) is 0 Å². The summed E-state index contributed by atoms with van der Waals surface area (Å²) < 4.78 is 0. The summed E-state index contributed by atoms with van der Waals surface area (Å²) in [6.45, 7) is 14.1. The second kappa shape index (κ2) is 5.13. The monoisotopic (exact) mass is 198 g/mol. The molecule has 1 rings (SSSR count). The molecule has 1 saturated heterocycles. The van der Waals surface area contributed by atoms with Crippen molar-refractivity contribution in [1.29, 1.82) is 0 Å². The lowest BCUT2D eigenvalue weighted by atomic mass is 9.85. The lowest BCUT2D eigenvalue weighted by Crippen LogP contribution is -2.55. The van der Waals surface area contributed by atoms with E-state index in [-0.39, 0.29) is 0 Å². The van der Waals surface area contributed by atoms with Gasteiger partial charge in [0.15, 0.2) is 0 Å². The minimum absolute atomic E-state index is 0.394. The van der Waals surface area contributed by atoms with E-state index >= 15 is 0 Å². The Hall–Kier alpha value is -0.0800. The molecule has 84 valence electrons. The van der Waals surface area contributed by atoms with E-state index in [0.717, 1.165) is 6.54 Å². The highest BCUT2D eigenvalue weighted by atomic mass is 15.2. The molecule has 1 aliphatic rings. The second-order valence-corrected chi connectivity index (χ2v) is 5.53. The fourth-order valence-electron chi connectivity index (χ4n) is 1.98. The van der Waals surface area contributed by atoms with Gasteiger partial charge in [-0.3, -0.25) is 0 Å². The minimum Gasteiger partial charge on any atom is -0.311 e.